The van der Waals surface area contributed by atoms with Gasteiger partial charge in [-0.25, -0.2) is 0 Å². The Labute approximate surface area is 107 Å². The molecule has 2 unspecified atom stereocenters. The fraction of sp³-hybridized carbons (Fsp3) is 0.500. The molecule has 1 saturated carbocycles. The fourth-order valence-electron chi connectivity index (χ4n) is 2.24. The van der Waals surface area contributed by atoms with Crippen LogP contribution in [0.15, 0.2) is 18.2 Å². The Morgan fingerprint density at radius 2 is 1.67 bits per heavy atom. The first-order valence-electron chi connectivity index (χ1n) is 6.06. The highest BCUT2D eigenvalue weighted by atomic mass is 16.5. The van der Waals surface area contributed by atoms with Gasteiger partial charge >= 0.3 is 0 Å². The van der Waals surface area contributed by atoms with Crippen LogP contribution in [0.1, 0.15) is 19.3 Å². The van der Waals surface area contributed by atoms with Crippen LogP contribution >= 0.6 is 0 Å². The van der Waals surface area contributed by atoms with Gasteiger partial charge in [0.15, 0.2) is 0 Å². The van der Waals surface area contributed by atoms with E-state index >= 15 is 0 Å². The van der Waals surface area contributed by atoms with Crippen LogP contribution in [0.3, 0.4) is 0 Å². The van der Waals surface area contributed by atoms with Gasteiger partial charge in [-0.1, -0.05) is 0 Å². The second-order valence-corrected chi connectivity index (χ2v) is 4.37. The molecule has 1 aromatic rings. The van der Waals surface area contributed by atoms with E-state index in [0.29, 0.717) is 17.2 Å². The van der Waals surface area contributed by atoms with Crippen LogP contribution in [-0.4, -0.2) is 20.3 Å². The predicted molar refractivity (Wildman–Crippen MR) is 66.9 cm³/mol. The van der Waals surface area contributed by atoms with Crippen molar-refractivity contribution in [3.05, 3.63) is 18.2 Å². The molecular weight excluding hydrogens is 230 g/mol. The third-order valence-corrected chi connectivity index (χ3v) is 3.23. The summed E-state index contributed by atoms with van der Waals surface area (Å²) in [6.07, 6.45) is 2.87. The molecule has 0 spiro atoms. The molecule has 0 radical (unpaired) electrons. The van der Waals surface area contributed by atoms with E-state index in [1.54, 1.807) is 20.3 Å². The molecule has 0 saturated heterocycles. The molecule has 96 valence electrons. The second-order valence-electron chi connectivity index (χ2n) is 4.37. The lowest BCUT2D eigenvalue weighted by molar-refractivity contribution is 0.181. The Balaban J connectivity index is 2.15. The number of hydrogen-bond acceptors (Lipinski definition) is 4. The van der Waals surface area contributed by atoms with Crippen molar-refractivity contribution in [2.45, 2.75) is 25.4 Å². The largest absolute Gasteiger partial charge is 0.496 e. The zero-order valence-corrected chi connectivity index (χ0v) is 10.7. The number of hydrogen-bond donors (Lipinski definition) is 0. The highest BCUT2D eigenvalue weighted by molar-refractivity contribution is 5.42. The van der Waals surface area contributed by atoms with Gasteiger partial charge in [0.2, 0.25) is 0 Å². The molecule has 2 atom stereocenters. The minimum absolute atomic E-state index is 0.0119. The Bertz CT molecular complexity index is 431. The number of benzene rings is 1. The highest BCUT2D eigenvalue weighted by Crippen LogP contribution is 2.33. The van der Waals surface area contributed by atoms with Crippen LogP contribution in [0.4, 0.5) is 0 Å². The summed E-state index contributed by atoms with van der Waals surface area (Å²) in [6, 6.07) is 7.73. The summed E-state index contributed by atoms with van der Waals surface area (Å²) < 4.78 is 16.3. The molecule has 0 aromatic heterocycles. The van der Waals surface area contributed by atoms with Crippen LogP contribution in [0.2, 0.25) is 0 Å². The van der Waals surface area contributed by atoms with Crippen LogP contribution in [0.25, 0.3) is 0 Å². The molecular formula is C14H17NO3. The predicted octanol–water partition coefficient (Wildman–Crippen LogP) is 2.77. The second kappa shape index (κ2) is 5.63. The van der Waals surface area contributed by atoms with Crippen LogP contribution < -0.4 is 14.2 Å². The summed E-state index contributed by atoms with van der Waals surface area (Å²) in [5, 5.41) is 9.04. The molecule has 0 aliphatic heterocycles. The van der Waals surface area contributed by atoms with E-state index in [0.717, 1.165) is 19.3 Å². The van der Waals surface area contributed by atoms with Crippen molar-refractivity contribution in [1.29, 1.82) is 5.26 Å². The molecule has 1 fully saturated rings. The monoisotopic (exact) mass is 247 g/mol. The van der Waals surface area contributed by atoms with Gasteiger partial charge in [0.25, 0.3) is 0 Å². The summed E-state index contributed by atoms with van der Waals surface area (Å²) in [4.78, 5) is 0. The van der Waals surface area contributed by atoms with Gasteiger partial charge in [0, 0.05) is 18.2 Å². The summed E-state index contributed by atoms with van der Waals surface area (Å²) in [7, 11) is 3.21. The van der Waals surface area contributed by atoms with Crippen molar-refractivity contribution >= 4 is 0 Å². The highest BCUT2D eigenvalue weighted by Gasteiger charge is 2.29. The molecule has 4 nitrogen and oxygen atoms in total. The smallest absolute Gasteiger partial charge is 0.127 e. The van der Waals surface area contributed by atoms with E-state index in [9.17, 15) is 0 Å². The fourth-order valence-corrected chi connectivity index (χ4v) is 2.24. The Kier molecular flexibility index (Phi) is 3.93. The average Bonchev–Trinajstić information content (AvgIpc) is 2.85. The summed E-state index contributed by atoms with van der Waals surface area (Å²) in [5.41, 5.74) is 0. The molecule has 0 bridgehead atoms. The number of nitrogens with zero attached hydrogens (tertiary/aromatic N) is 1. The van der Waals surface area contributed by atoms with Crippen LogP contribution in [-0.2, 0) is 0 Å². The third-order valence-electron chi connectivity index (χ3n) is 3.23. The van der Waals surface area contributed by atoms with E-state index in [2.05, 4.69) is 6.07 Å². The van der Waals surface area contributed by atoms with Crippen molar-refractivity contribution < 1.29 is 14.2 Å². The van der Waals surface area contributed by atoms with Crippen molar-refractivity contribution in [2.75, 3.05) is 14.2 Å². The average molecular weight is 247 g/mol. The van der Waals surface area contributed by atoms with Crippen LogP contribution in [0, 0.1) is 17.2 Å². The molecule has 0 N–H and O–H groups in total. The standard InChI is InChI=1S/C14H17NO3/c1-16-11-6-12(17-2)8-13(7-11)18-14-5-3-4-10(14)9-15/h6-8,10,14H,3-5H2,1-2H3. The quantitative estimate of drug-likeness (QED) is 0.821. The van der Waals surface area contributed by atoms with Gasteiger partial charge in [-0.05, 0) is 19.3 Å². The number of ether oxygens (including phenoxy) is 3. The van der Waals surface area contributed by atoms with E-state index in [1.807, 2.05) is 12.1 Å². The molecule has 0 heterocycles. The maximum Gasteiger partial charge on any atom is 0.127 e. The summed E-state index contributed by atoms with van der Waals surface area (Å²) in [5.74, 6) is 2.06. The van der Waals surface area contributed by atoms with E-state index in [4.69, 9.17) is 19.5 Å². The van der Waals surface area contributed by atoms with Gasteiger partial charge in [-0.3, -0.25) is 0 Å². The molecule has 1 aliphatic rings. The van der Waals surface area contributed by atoms with Gasteiger partial charge < -0.3 is 14.2 Å². The molecule has 4 heteroatoms. The lowest BCUT2D eigenvalue weighted by Crippen LogP contribution is -2.20. The van der Waals surface area contributed by atoms with Crippen molar-refractivity contribution in [3.8, 4) is 23.3 Å². The Morgan fingerprint density at radius 1 is 1.06 bits per heavy atom. The number of rotatable bonds is 4. The molecule has 1 aliphatic carbocycles. The van der Waals surface area contributed by atoms with Crippen molar-refractivity contribution in [1.82, 2.24) is 0 Å². The zero-order chi connectivity index (χ0) is 13.0. The molecule has 1 aromatic carbocycles. The number of methoxy groups -OCH3 is 2. The third kappa shape index (κ3) is 2.67. The SMILES string of the molecule is COc1cc(OC)cc(OC2CCCC2C#N)c1. The lowest BCUT2D eigenvalue weighted by Gasteiger charge is -2.17. The van der Waals surface area contributed by atoms with E-state index in [-0.39, 0.29) is 12.0 Å². The number of nitriles is 1. The normalized spacial score (nSPS) is 22.3. The zero-order valence-electron chi connectivity index (χ0n) is 10.7. The molecule has 0 amide bonds. The topological polar surface area (TPSA) is 51.5 Å². The van der Waals surface area contributed by atoms with Crippen molar-refractivity contribution in [2.24, 2.45) is 5.92 Å². The maximum absolute atomic E-state index is 9.04. The minimum Gasteiger partial charge on any atom is -0.496 e. The van der Waals surface area contributed by atoms with Crippen LogP contribution in [0.5, 0.6) is 17.2 Å². The van der Waals surface area contributed by atoms with E-state index < -0.39 is 0 Å². The first-order chi connectivity index (χ1) is 8.76. The lowest BCUT2D eigenvalue weighted by atomic mass is 10.1. The maximum atomic E-state index is 9.04. The summed E-state index contributed by atoms with van der Waals surface area (Å²) in [6.45, 7) is 0. The van der Waals surface area contributed by atoms with Gasteiger partial charge in [-0.2, -0.15) is 5.26 Å². The Morgan fingerprint density at radius 3 is 2.22 bits per heavy atom. The van der Waals surface area contributed by atoms with Gasteiger partial charge in [0.05, 0.1) is 26.2 Å². The van der Waals surface area contributed by atoms with Gasteiger partial charge in [-0.15, -0.1) is 0 Å². The van der Waals surface area contributed by atoms with Crippen molar-refractivity contribution in [3.63, 3.8) is 0 Å². The molecule has 18 heavy (non-hydrogen) atoms. The first-order valence-corrected chi connectivity index (χ1v) is 6.06. The first kappa shape index (κ1) is 12.6. The molecule has 2 rings (SSSR count). The van der Waals surface area contributed by atoms with E-state index in [1.165, 1.54) is 0 Å². The Hall–Kier alpha value is -1.89. The summed E-state index contributed by atoms with van der Waals surface area (Å²) >= 11 is 0. The van der Waals surface area contributed by atoms with Gasteiger partial charge in [0.1, 0.15) is 23.4 Å². The minimum atomic E-state index is -0.0215.